The molecule has 0 aliphatic carbocycles. The van der Waals surface area contributed by atoms with Gasteiger partial charge in [0.15, 0.2) is 0 Å². The van der Waals surface area contributed by atoms with Gasteiger partial charge < -0.3 is 9.47 Å². The third kappa shape index (κ3) is 3.03. The number of hydrogen-bond acceptors (Lipinski definition) is 5. The number of aryl methyl sites for hydroxylation is 2. The van der Waals surface area contributed by atoms with Crippen LogP contribution >= 0.6 is 0 Å². The van der Waals surface area contributed by atoms with Crippen LogP contribution < -0.4 is 4.74 Å². The van der Waals surface area contributed by atoms with E-state index in [9.17, 15) is 0 Å². The third-order valence-electron chi connectivity index (χ3n) is 5.17. The SMILES string of the molecule is Cc1ccc(OCCN2CC[C@H]3[C@H](C2)OCc2cnnn23)cc1C. The molecule has 0 amide bonds. The lowest BCUT2D eigenvalue weighted by Gasteiger charge is -2.40. The molecule has 2 atom stereocenters. The first-order chi connectivity index (χ1) is 11.7. The molecule has 0 saturated carbocycles. The first-order valence-electron chi connectivity index (χ1n) is 8.64. The lowest BCUT2D eigenvalue weighted by molar-refractivity contribution is -0.0700. The summed E-state index contributed by atoms with van der Waals surface area (Å²) in [5, 5.41) is 8.24. The standard InChI is InChI=1S/C18H24N4O2/c1-13-3-4-16(9-14(13)2)23-8-7-21-6-5-17-18(11-21)24-12-15-10-19-20-22(15)17/h3-4,9-10,17-18H,5-8,11-12H2,1-2H3/t17-,18-/m0/s1. The van der Waals surface area contributed by atoms with Crippen molar-refractivity contribution in [2.24, 2.45) is 0 Å². The Labute approximate surface area is 142 Å². The number of fused-ring (bicyclic) bond motifs is 3. The van der Waals surface area contributed by atoms with Gasteiger partial charge in [-0.25, -0.2) is 4.68 Å². The van der Waals surface area contributed by atoms with Crippen molar-refractivity contribution in [3.8, 4) is 5.75 Å². The van der Waals surface area contributed by atoms with Crippen LogP contribution in [0.15, 0.2) is 24.4 Å². The second kappa shape index (κ2) is 6.53. The fourth-order valence-corrected chi connectivity index (χ4v) is 3.55. The second-order valence-electron chi connectivity index (χ2n) is 6.77. The number of benzene rings is 1. The highest BCUT2D eigenvalue weighted by Crippen LogP contribution is 2.30. The molecule has 24 heavy (non-hydrogen) atoms. The Bertz CT molecular complexity index is 715. The number of nitrogens with zero attached hydrogens (tertiary/aromatic N) is 4. The molecule has 128 valence electrons. The minimum absolute atomic E-state index is 0.203. The van der Waals surface area contributed by atoms with E-state index in [-0.39, 0.29) is 6.10 Å². The predicted octanol–water partition coefficient (Wildman–Crippen LogP) is 2.12. The molecule has 6 nitrogen and oxygen atoms in total. The van der Waals surface area contributed by atoms with Crippen LogP contribution in [0.3, 0.4) is 0 Å². The van der Waals surface area contributed by atoms with Crippen molar-refractivity contribution in [2.45, 2.75) is 39.0 Å². The Morgan fingerprint density at radius 2 is 2.21 bits per heavy atom. The number of hydrogen-bond donors (Lipinski definition) is 0. The van der Waals surface area contributed by atoms with Crippen LogP contribution in [-0.2, 0) is 11.3 Å². The average molecular weight is 328 g/mol. The van der Waals surface area contributed by atoms with Gasteiger partial charge in [0.25, 0.3) is 0 Å². The van der Waals surface area contributed by atoms with Crippen LogP contribution in [0, 0.1) is 13.8 Å². The molecule has 0 spiro atoms. The summed E-state index contributed by atoms with van der Waals surface area (Å²) >= 11 is 0. The van der Waals surface area contributed by atoms with Gasteiger partial charge in [-0.2, -0.15) is 0 Å². The Hall–Kier alpha value is -1.92. The average Bonchev–Trinajstić information content (AvgIpc) is 3.07. The minimum atomic E-state index is 0.203. The second-order valence-corrected chi connectivity index (χ2v) is 6.77. The van der Waals surface area contributed by atoms with Crippen molar-refractivity contribution in [1.29, 1.82) is 0 Å². The highest BCUT2D eigenvalue weighted by molar-refractivity contribution is 5.33. The monoisotopic (exact) mass is 328 g/mol. The normalized spacial score (nSPS) is 23.6. The molecule has 0 N–H and O–H groups in total. The first kappa shape index (κ1) is 15.6. The van der Waals surface area contributed by atoms with E-state index in [1.165, 1.54) is 11.1 Å². The summed E-state index contributed by atoms with van der Waals surface area (Å²) in [6, 6.07) is 6.60. The first-order valence-corrected chi connectivity index (χ1v) is 8.64. The maximum atomic E-state index is 6.01. The summed E-state index contributed by atoms with van der Waals surface area (Å²) in [5.74, 6) is 0.953. The molecule has 0 bridgehead atoms. The van der Waals surface area contributed by atoms with E-state index in [0.29, 0.717) is 19.3 Å². The van der Waals surface area contributed by atoms with Gasteiger partial charge in [0, 0.05) is 19.6 Å². The summed E-state index contributed by atoms with van der Waals surface area (Å²) in [6.45, 7) is 8.44. The van der Waals surface area contributed by atoms with E-state index in [2.05, 4.69) is 45.9 Å². The topological polar surface area (TPSA) is 52.4 Å². The maximum Gasteiger partial charge on any atom is 0.119 e. The zero-order valence-corrected chi connectivity index (χ0v) is 14.3. The smallest absolute Gasteiger partial charge is 0.119 e. The fourth-order valence-electron chi connectivity index (χ4n) is 3.55. The molecule has 6 heteroatoms. The largest absolute Gasteiger partial charge is 0.492 e. The van der Waals surface area contributed by atoms with Crippen molar-refractivity contribution < 1.29 is 9.47 Å². The molecule has 1 fully saturated rings. The van der Waals surface area contributed by atoms with Gasteiger partial charge in [0.1, 0.15) is 12.4 Å². The van der Waals surface area contributed by atoms with Crippen LogP contribution in [0.25, 0.3) is 0 Å². The van der Waals surface area contributed by atoms with E-state index < -0.39 is 0 Å². The molecular formula is C18H24N4O2. The molecule has 2 aliphatic heterocycles. The van der Waals surface area contributed by atoms with E-state index in [1.807, 2.05) is 6.07 Å². The molecule has 0 unspecified atom stereocenters. The molecule has 1 aromatic carbocycles. The number of aromatic nitrogens is 3. The maximum absolute atomic E-state index is 6.01. The molecule has 1 saturated heterocycles. The van der Waals surface area contributed by atoms with E-state index in [0.717, 1.165) is 37.5 Å². The van der Waals surface area contributed by atoms with Gasteiger partial charge >= 0.3 is 0 Å². The lowest BCUT2D eigenvalue weighted by Crippen LogP contribution is -2.49. The van der Waals surface area contributed by atoms with Crippen LogP contribution in [0.1, 0.15) is 29.3 Å². The van der Waals surface area contributed by atoms with Crippen molar-refractivity contribution in [3.05, 3.63) is 41.2 Å². The lowest BCUT2D eigenvalue weighted by atomic mass is 10.0. The Balaban J connectivity index is 1.29. The Morgan fingerprint density at radius 1 is 1.29 bits per heavy atom. The number of piperidine rings is 1. The molecular weight excluding hydrogens is 304 g/mol. The zero-order chi connectivity index (χ0) is 16.5. The van der Waals surface area contributed by atoms with Gasteiger partial charge in [0.05, 0.1) is 30.6 Å². The molecule has 4 rings (SSSR count). The van der Waals surface area contributed by atoms with Crippen molar-refractivity contribution >= 4 is 0 Å². The Kier molecular flexibility index (Phi) is 4.24. The summed E-state index contributed by atoms with van der Waals surface area (Å²) in [4.78, 5) is 2.42. The summed E-state index contributed by atoms with van der Waals surface area (Å²) in [5.41, 5.74) is 3.65. The van der Waals surface area contributed by atoms with Gasteiger partial charge in [-0.05, 0) is 43.5 Å². The van der Waals surface area contributed by atoms with Gasteiger partial charge in [-0.15, -0.1) is 5.10 Å². The Morgan fingerprint density at radius 3 is 3.08 bits per heavy atom. The van der Waals surface area contributed by atoms with Crippen molar-refractivity contribution in [2.75, 3.05) is 26.2 Å². The van der Waals surface area contributed by atoms with Gasteiger partial charge in [-0.1, -0.05) is 11.3 Å². The molecule has 3 heterocycles. The van der Waals surface area contributed by atoms with Crippen LogP contribution in [-0.4, -0.2) is 52.2 Å². The molecule has 0 radical (unpaired) electrons. The highest BCUT2D eigenvalue weighted by Gasteiger charge is 2.36. The summed E-state index contributed by atoms with van der Waals surface area (Å²) in [6.07, 6.45) is 3.06. The predicted molar refractivity (Wildman–Crippen MR) is 90.1 cm³/mol. The van der Waals surface area contributed by atoms with Gasteiger partial charge in [-0.3, -0.25) is 4.90 Å². The number of likely N-dealkylation sites (tertiary alicyclic amines) is 1. The van der Waals surface area contributed by atoms with Gasteiger partial charge in [0.2, 0.25) is 0 Å². The van der Waals surface area contributed by atoms with E-state index >= 15 is 0 Å². The fraction of sp³-hybridized carbons (Fsp3) is 0.556. The van der Waals surface area contributed by atoms with E-state index in [4.69, 9.17) is 9.47 Å². The minimum Gasteiger partial charge on any atom is -0.492 e. The third-order valence-corrected chi connectivity index (χ3v) is 5.17. The van der Waals surface area contributed by atoms with Crippen LogP contribution in [0.4, 0.5) is 0 Å². The highest BCUT2D eigenvalue weighted by atomic mass is 16.5. The zero-order valence-electron chi connectivity index (χ0n) is 14.3. The van der Waals surface area contributed by atoms with Crippen molar-refractivity contribution in [1.82, 2.24) is 19.9 Å². The number of rotatable bonds is 4. The van der Waals surface area contributed by atoms with Crippen molar-refractivity contribution in [3.63, 3.8) is 0 Å². The molecule has 2 aromatic rings. The summed E-state index contributed by atoms with van der Waals surface area (Å²) < 4.78 is 14.0. The number of ether oxygens (including phenoxy) is 2. The molecule has 2 aliphatic rings. The van der Waals surface area contributed by atoms with Crippen LogP contribution in [0.2, 0.25) is 0 Å². The quantitative estimate of drug-likeness (QED) is 0.860. The van der Waals surface area contributed by atoms with Crippen LogP contribution in [0.5, 0.6) is 5.75 Å². The van der Waals surface area contributed by atoms with E-state index in [1.54, 1.807) is 6.20 Å². The summed E-state index contributed by atoms with van der Waals surface area (Å²) in [7, 11) is 0. The molecule has 1 aromatic heterocycles.